The summed E-state index contributed by atoms with van der Waals surface area (Å²) in [6, 6.07) is 3.07. The number of hydrogen-bond acceptors (Lipinski definition) is 9. The van der Waals surface area contributed by atoms with Crippen LogP contribution in [0.15, 0.2) is 23.3 Å². The molecular formula is C18H20N6O7. The number of fused-ring (bicyclic) bond motifs is 1. The van der Waals surface area contributed by atoms with Gasteiger partial charge in [0.15, 0.2) is 0 Å². The number of amides is 3. The zero-order valence-electron chi connectivity index (χ0n) is 16.8. The van der Waals surface area contributed by atoms with Crippen LogP contribution in [0.2, 0.25) is 0 Å². The normalized spacial score (nSPS) is 21.7. The van der Waals surface area contributed by atoms with Gasteiger partial charge >= 0.3 is 0 Å². The minimum absolute atomic E-state index is 0.0579. The molecule has 2 atom stereocenters. The minimum atomic E-state index is -0.747. The average molecular weight is 432 g/mol. The molecule has 1 heterocycles. The highest BCUT2D eigenvalue weighted by Gasteiger charge is 2.50. The molecule has 2 aliphatic rings. The Kier molecular flexibility index (Phi) is 5.95. The van der Waals surface area contributed by atoms with E-state index in [1.165, 1.54) is 19.0 Å². The maximum Gasteiger partial charge on any atom is 0.278 e. The second kappa shape index (κ2) is 8.45. The highest BCUT2D eigenvalue weighted by Crippen LogP contribution is 2.37. The molecule has 0 unspecified atom stereocenters. The summed E-state index contributed by atoms with van der Waals surface area (Å²) in [5.41, 5.74) is 2.27. The fourth-order valence-corrected chi connectivity index (χ4v) is 3.63. The SMILES string of the molecule is CN(C)C(=O)CN1C(=O)[C@H]2CC/C(=N\Nc3cc([N+](=O)[O-])cc([N+](=O)[O-])c3)C[C@H]2C1=O. The monoisotopic (exact) mass is 432 g/mol. The van der Waals surface area contributed by atoms with E-state index < -0.39 is 39.0 Å². The molecule has 1 saturated carbocycles. The predicted molar refractivity (Wildman–Crippen MR) is 107 cm³/mol. The Morgan fingerprint density at radius 2 is 1.71 bits per heavy atom. The van der Waals surface area contributed by atoms with Crippen molar-refractivity contribution in [1.82, 2.24) is 9.80 Å². The van der Waals surface area contributed by atoms with E-state index in [1.807, 2.05) is 0 Å². The van der Waals surface area contributed by atoms with Gasteiger partial charge in [0.25, 0.3) is 11.4 Å². The summed E-state index contributed by atoms with van der Waals surface area (Å²) < 4.78 is 0. The molecule has 0 bridgehead atoms. The number of likely N-dealkylation sites (tertiary alicyclic amines) is 1. The number of carbonyl (C=O) groups is 3. The van der Waals surface area contributed by atoms with Crippen LogP contribution in [0.1, 0.15) is 19.3 Å². The molecule has 3 rings (SSSR count). The van der Waals surface area contributed by atoms with Crippen molar-refractivity contribution >= 4 is 40.5 Å². The van der Waals surface area contributed by atoms with Gasteiger partial charge in [-0.05, 0) is 19.3 Å². The van der Waals surface area contributed by atoms with Crippen molar-refractivity contribution in [2.75, 3.05) is 26.1 Å². The van der Waals surface area contributed by atoms with Crippen LogP contribution < -0.4 is 5.43 Å². The summed E-state index contributed by atoms with van der Waals surface area (Å²) in [4.78, 5) is 59.9. The van der Waals surface area contributed by atoms with E-state index in [2.05, 4.69) is 10.5 Å². The molecule has 0 spiro atoms. The standard InChI is InChI=1S/C18H20N6O7/c1-21(2)16(25)9-22-17(26)14-4-3-10(7-15(14)18(22)27)19-20-11-5-12(23(28)29)8-13(6-11)24(30)31/h5-6,8,14-15,20H,3-4,7,9H2,1-2H3/b19-10+/t14-,15+/m0/s1. The Morgan fingerprint density at radius 3 is 2.26 bits per heavy atom. The van der Waals surface area contributed by atoms with Crippen LogP contribution in [0.25, 0.3) is 0 Å². The number of rotatable bonds is 6. The third-order valence-electron chi connectivity index (χ3n) is 5.31. The van der Waals surface area contributed by atoms with Gasteiger partial charge in [-0.15, -0.1) is 0 Å². The second-order valence-electron chi connectivity index (χ2n) is 7.55. The first kappa shape index (κ1) is 21.8. The fraction of sp³-hybridized carbons (Fsp3) is 0.444. The first-order chi connectivity index (χ1) is 14.6. The number of hydrazone groups is 1. The lowest BCUT2D eigenvalue weighted by Gasteiger charge is -2.22. The quantitative estimate of drug-likeness (QED) is 0.396. The Balaban J connectivity index is 1.74. The zero-order valence-corrected chi connectivity index (χ0v) is 16.8. The molecule has 1 N–H and O–H groups in total. The van der Waals surface area contributed by atoms with Gasteiger partial charge in [0.2, 0.25) is 17.7 Å². The topological polar surface area (TPSA) is 168 Å². The van der Waals surface area contributed by atoms with Crippen molar-refractivity contribution in [3.8, 4) is 0 Å². The summed E-state index contributed by atoms with van der Waals surface area (Å²) in [5, 5.41) is 26.1. The van der Waals surface area contributed by atoms with Crippen LogP contribution in [0.5, 0.6) is 0 Å². The summed E-state index contributed by atoms with van der Waals surface area (Å²) in [5.74, 6) is -2.30. The molecule has 1 aliphatic heterocycles. The maximum atomic E-state index is 12.7. The molecule has 0 aromatic heterocycles. The lowest BCUT2D eigenvalue weighted by Crippen LogP contribution is -2.40. The van der Waals surface area contributed by atoms with E-state index in [9.17, 15) is 34.6 Å². The third kappa shape index (κ3) is 4.49. The number of likely N-dealkylation sites (N-methyl/N-ethyl adjacent to an activating group) is 1. The van der Waals surface area contributed by atoms with Crippen LogP contribution in [-0.4, -0.2) is 63.7 Å². The largest absolute Gasteiger partial charge is 0.347 e. The lowest BCUT2D eigenvalue weighted by molar-refractivity contribution is -0.394. The highest BCUT2D eigenvalue weighted by atomic mass is 16.6. The molecule has 1 aromatic rings. The van der Waals surface area contributed by atoms with Crippen LogP contribution in [0.4, 0.5) is 17.1 Å². The molecular weight excluding hydrogens is 412 g/mol. The van der Waals surface area contributed by atoms with E-state index in [0.717, 1.165) is 23.1 Å². The number of benzene rings is 1. The fourth-order valence-electron chi connectivity index (χ4n) is 3.63. The maximum absolute atomic E-state index is 12.7. The summed E-state index contributed by atoms with van der Waals surface area (Å²) in [6.45, 7) is -0.306. The summed E-state index contributed by atoms with van der Waals surface area (Å²) in [7, 11) is 3.07. The van der Waals surface area contributed by atoms with E-state index in [1.54, 1.807) is 0 Å². The Labute approximate surface area is 176 Å². The minimum Gasteiger partial charge on any atom is -0.347 e. The molecule has 1 saturated heterocycles. The van der Waals surface area contributed by atoms with Crippen LogP contribution in [0, 0.1) is 32.1 Å². The van der Waals surface area contributed by atoms with Crippen molar-refractivity contribution in [2.24, 2.45) is 16.9 Å². The molecule has 1 aliphatic carbocycles. The van der Waals surface area contributed by atoms with Crippen LogP contribution >= 0.6 is 0 Å². The number of hydrogen-bond donors (Lipinski definition) is 1. The summed E-state index contributed by atoms with van der Waals surface area (Å²) in [6.07, 6.45) is 0.961. The molecule has 13 nitrogen and oxygen atoms in total. The van der Waals surface area contributed by atoms with Gasteiger partial charge in [0.1, 0.15) is 6.54 Å². The van der Waals surface area contributed by atoms with Crippen molar-refractivity contribution in [1.29, 1.82) is 0 Å². The van der Waals surface area contributed by atoms with Crippen molar-refractivity contribution in [3.05, 3.63) is 38.4 Å². The van der Waals surface area contributed by atoms with Crippen LogP contribution in [0.3, 0.4) is 0 Å². The number of nitro groups is 2. The molecule has 164 valence electrons. The first-order valence-corrected chi connectivity index (χ1v) is 9.39. The highest BCUT2D eigenvalue weighted by molar-refractivity contribution is 6.09. The Bertz CT molecular complexity index is 973. The smallest absolute Gasteiger partial charge is 0.278 e. The third-order valence-corrected chi connectivity index (χ3v) is 5.31. The van der Waals surface area contributed by atoms with Gasteiger partial charge in [-0.2, -0.15) is 5.10 Å². The molecule has 31 heavy (non-hydrogen) atoms. The zero-order chi connectivity index (χ0) is 22.9. The van der Waals surface area contributed by atoms with Gasteiger partial charge in [0, 0.05) is 31.9 Å². The molecule has 0 radical (unpaired) electrons. The Hall–Kier alpha value is -3.90. The van der Waals surface area contributed by atoms with E-state index in [4.69, 9.17) is 0 Å². The van der Waals surface area contributed by atoms with E-state index in [0.29, 0.717) is 18.6 Å². The van der Waals surface area contributed by atoms with Gasteiger partial charge < -0.3 is 4.90 Å². The average Bonchev–Trinajstić information content (AvgIpc) is 2.96. The molecule has 3 amide bonds. The predicted octanol–water partition coefficient (Wildman–Crippen LogP) is 1.14. The molecule has 2 fully saturated rings. The number of carbonyl (C=O) groups excluding carboxylic acids is 3. The number of nitro benzene ring substituents is 2. The van der Waals surface area contributed by atoms with Gasteiger partial charge in [-0.1, -0.05) is 0 Å². The summed E-state index contributed by atoms with van der Waals surface area (Å²) >= 11 is 0. The molecule has 13 heteroatoms. The lowest BCUT2D eigenvalue weighted by atomic mass is 9.80. The second-order valence-corrected chi connectivity index (χ2v) is 7.55. The Morgan fingerprint density at radius 1 is 1.13 bits per heavy atom. The van der Waals surface area contributed by atoms with Crippen molar-refractivity contribution in [3.63, 3.8) is 0 Å². The van der Waals surface area contributed by atoms with Gasteiger partial charge in [-0.3, -0.25) is 44.9 Å². The number of non-ortho nitro benzene ring substituents is 2. The molecule has 1 aromatic carbocycles. The number of anilines is 1. The van der Waals surface area contributed by atoms with E-state index >= 15 is 0 Å². The first-order valence-electron chi connectivity index (χ1n) is 9.39. The number of imide groups is 1. The van der Waals surface area contributed by atoms with Crippen LogP contribution in [-0.2, 0) is 14.4 Å². The van der Waals surface area contributed by atoms with Gasteiger partial charge in [0.05, 0.1) is 33.4 Å². The van der Waals surface area contributed by atoms with Crippen molar-refractivity contribution in [2.45, 2.75) is 19.3 Å². The number of nitrogens with zero attached hydrogens (tertiary/aromatic N) is 5. The van der Waals surface area contributed by atoms with Crippen molar-refractivity contribution < 1.29 is 24.2 Å². The number of nitrogens with one attached hydrogen (secondary N) is 1. The van der Waals surface area contributed by atoms with E-state index in [-0.39, 0.29) is 30.5 Å². The van der Waals surface area contributed by atoms with Gasteiger partial charge in [-0.25, -0.2) is 0 Å².